The summed E-state index contributed by atoms with van der Waals surface area (Å²) in [6.07, 6.45) is -0.575. The molecule has 0 aliphatic heterocycles. The molecule has 0 aliphatic rings. The maximum absolute atomic E-state index is 11.9. The van der Waals surface area contributed by atoms with Crippen LogP contribution in [0.2, 0.25) is 0 Å². The largest absolute Gasteiger partial charge is 0.444 e. The first-order valence-electron chi connectivity index (χ1n) is 5.81. The van der Waals surface area contributed by atoms with Gasteiger partial charge in [0.25, 0.3) is 10.0 Å². The third-order valence-corrected chi connectivity index (χ3v) is 6.04. The molecule has 9 heteroatoms. The Morgan fingerprint density at radius 2 is 2.05 bits per heavy atom. The van der Waals surface area contributed by atoms with Crippen LogP contribution in [0.25, 0.3) is 0 Å². The van der Waals surface area contributed by atoms with E-state index >= 15 is 0 Å². The zero-order valence-electron chi connectivity index (χ0n) is 11.4. The maximum atomic E-state index is 11.9. The number of hydrogen-bond donors (Lipinski definition) is 2. The predicted molar refractivity (Wildman–Crippen MR) is 81.4 cm³/mol. The first-order chi connectivity index (χ1) is 9.12. The second kappa shape index (κ2) is 6.88. The van der Waals surface area contributed by atoms with Gasteiger partial charge in [-0.25, -0.2) is 17.9 Å². The number of alkyl carbamates (subject to hydrolysis) is 1. The van der Waals surface area contributed by atoms with Crippen LogP contribution in [0, 0.1) is 0 Å². The molecular formula is C11H17BrN2O4S2. The van der Waals surface area contributed by atoms with Gasteiger partial charge in [-0.15, -0.1) is 11.3 Å². The molecule has 1 aromatic rings. The zero-order chi connectivity index (χ0) is 15.4. The molecule has 0 spiro atoms. The second-order valence-corrected chi connectivity index (χ2v) is 8.62. The Labute approximate surface area is 131 Å². The Kier molecular flexibility index (Phi) is 5.99. The van der Waals surface area contributed by atoms with Crippen LogP contribution in [0.15, 0.2) is 20.1 Å². The molecule has 114 valence electrons. The molecule has 6 nitrogen and oxygen atoms in total. The van der Waals surface area contributed by atoms with Gasteiger partial charge >= 0.3 is 6.09 Å². The van der Waals surface area contributed by atoms with Crippen LogP contribution in [-0.4, -0.2) is 33.2 Å². The minimum absolute atomic E-state index is 0.0892. The first-order valence-corrected chi connectivity index (χ1v) is 8.97. The number of sulfonamides is 1. The van der Waals surface area contributed by atoms with Crippen molar-refractivity contribution in [1.82, 2.24) is 10.0 Å². The van der Waals surface area contributed by atoms with E-state index in [0.29, 0.717) is 4.47 Å². The smallest absolute Gasteiger partial charge is 0.407 e. The number of halogens is 1. The van der Waals surface area contributed by atoms with E-state index in [1.54, 1.807) is 32.2 Å². The number of carbonyl (C=O) groups is 1. The van der Waals surface area contributed by atoms with Gasteiger partial charge in [0.1, 0.15) is 9.81 Å². The van der Waals surface area contributed by atoms with Crippen LogP contribution < -0.4 is 10.0 Å². The van der Waals surface area contributed by atoms with Crippen molar-refractivity contribution in [3.8, 4) is 0 Å². The fourth-order valence-electron chi connectivity index (χ4n) is 1.20. The minimum Gasteiger partial charge on any atom is -0.444 e. The number of ether oxygens (including phenoxy) is 1. The van der Waals surface area contributed by atoms with Crippen LogP contribution >= 0.6 is 27.3 Å². The molecule has 0 aliphatic carbocycles. The summed E-state index contributed by atoms with van der Waals surface area (Å²) in [5.41, 5.74) is -0.578. The highest BCUT2D eigenvalue weighted by atomic mass is 79.9. The van der Waals surface area contributed by atoms with Gasteiger partial charge in [0.05, 0.1) is 0 Å². The van der Waals surface area contributed by atoms with Crippen molar-refractivity contribution >= 4 is 43.4 Å². The van der Waals surface area contributed by atoms with Gasteiger partial charge in [-0.2, -0.15) is 0 Å². The maximum Gasteiger partial charge on any atom is 0.407 e. The Morgan fingerprint density at radius 1 is 1.40 bits per heavy atom. The minimum atomic E-state index is -3.55. The highest BCUT2D eigenvalue weighted by Gasteiger charge is 2.19. The highest BCUT2D eigenvalue weighted by Crippen LogP contribution is 2.27. The van der Waals surface area contributed by atoms with Gasteiger partial charge in [-0.05, 0) is 48.1 Å². The fraction of sp³-hybridized carbons (Fsp3) is 0.545. The lowest BCUT2D eigenvalue weighted by molar-refractivity contribution is 0.0529. The Morgan fingerprint density at radius 3 is 2.55 bits per heavy atom. The van der Waals surface area contributed by atoms with Crippen molar-refractivity contribution in [2.24, 2.45) is 0 Å². The molecule has 0 atom stereocenters. The summed E-state index contributed by atoms with van der Waals surface area (Å²) in [4.78, 5) is 11.3. The fourth-order valence-corrected chi connectivity index (χ4v) is 4.61. The summed E-state index contributed by atoms with van der Waals surface area (Å²) >= 11 is 4.29. The molecule has 1 heterocycles. The SMILES string of the molecule is CC(C)(C)OC(=O)NCCNS(=O)(=O)c1sccc1Br. The quantitative estimate of drug-likeness (QED) is 0.762. The number of carbonyl (C=O) groups excluding carboxylic acids is 1. The van der Waals surface area contributed by atoms with E-state index in [0.717, 1.165) is 11.3 Å². The Bertz CT molecular complexity index is 563. The van der Waals surface area contributed by atoms with E-state index < -0.39 is 21.7 Å². The Balaban J connectivity index is 2.38. The van der Waals surface area contributed by atoms with E-state index in [4.69, 9.17) is 4.74 Å². The lowest BCUT2D eigenvalue weighted by atomic mass is 10.2. The topological polar surface area (TPSA) is 84.5 Å². The zero-order valence-corrected chi connectivity index (χ0v) is 14.6. The highest BCUT2D eigenvalue weighted by molar-refractivity contribution is 9.10. The molecule has 0 saturated heterocycles. The van der Waals surface area contributed by atoms with Crippen LogP contribution in [0.1, 0.15) is 20.8 Å². The molecule has 0 bridgehead atoms. The van der Waals surface area contributed by atoms with Gasteiger partial charge in [0.2, 0.25) is 0 Å². The molecule has 1 aromatic heterocycles. The van der Waals surface area contributed by atoms with E-state index in [9.17, 15) is 13.2 Å². The van der Waals surface area contributed by atoms with E-state index in [-0.39, 0.29) is 17.3 Å². The number of amides is 1. The van der Waals surface area contributed by atoms with Gasteiger partial charge in [-0.3, -0.25) is 0 Å². The van der Waals surface area contributed by atoms with Crippen LogP contribution in [0.5, 0.6) is 0 Å². The van der Waals surface area contributed by atoms with Crippen LogP contribution in [0.3, 0.4) is 0 Å². The van der Waals surface area contributed by atoms with E-state index in [1.165, 1.54) is 0 Å². The summed E-state index contributed by atoms with van der Waals surface area (Å²) in [5.74, 6) is 0. The van der Waals surface area contributed by atoms with Gasteiger partial charge in [0.15, 0.2) is 0 Å². The molecular weight excluding hydrogens is 368 g/mol. The van der Waals surface area contributed by atoms with Gasteiger partial charge < -0.3 is 10.1 Å². The standard InChI is InChI=1S/C11H17BrN2O4S2/c1-11(2,3)18-10(15)13-5-6-14-20(16,17)9-8(12)4-7-19-9/h4,7,14H,5-6H2,1-3H3,(H,13,15). The number of hydrogen-bond acceptors (Lipinski definition) is 5. The molecule has 20 heavy (non-hydrogen) atoms. The average molecular weight is 385 g/mol. The molecule has 0 radical (unpaired) electrons. The first kappa shape index (κ1) is 17.4. The number of rotatable bonds is 5. The summed E-state index contributed by atoms with van der Waals surface area (Å²) in [5, 5.41) is 4.15. The Hall–Kier alpha value is -0.640. The molecule has 0 aromatic carbocycles. The van der Waals surface area contributed by atoms with Crippen molar-refractivity contribution in [1.29, 1.82) is 0 Å². The van der Waals surface area contributed by atoms with Crippen molar-refractivity contribution in [3.05, 3.63) is 15.9 Å². The van der Waals surface area contributed by atoms with Crippen LogP contribution in [-0.2, 0) is 14.8 Å². The molecule has 1 amide bonds. The number of nitrogens with one attached hydrogen (secondary N) is 2. The molecule has 0 unspecified atom stereocenters. The van der Waals surface area contributed by atoms with E-state index in [2.05, 4.69) is 26.0 Å². The molecule has 0 fully saturated rings. The molecule has 1 rings (SSSR count). The predicted octanol–water partition coefficient (Wildman–Crippen LogP) is 2.31. The van der Waals surface area contributed by atoms with Crippen LogP contribution in [0.4, 0.5) is 4.79 Å². The summed E-state index contributed by atoms with van der Waals surface area (Å²) in [7, 11) is -3.55. The second-order valence-electron chi connectivity index (χ2n) is 4.88. The van der Waals surface area contributed by atoms with Crippen molar-refractivity contribution in [2.45, 2.75) is 30.6 Å². The summed E-state index contributed by atoms with van der Waals surface area (Å²) in [6.45, 7) is 5.50. The lowest BCUT2D eigenvalue weighted by Crippen LogP contribution is -2.37. The third-order valence-electron chi connectivity index (χ3n) is 1.91. The van der Waals surface area contributed by atoms with Crippen molar-refractivity contribution in [2.75, 3.05) is 13.1 Å². The van der Waals surface area contributed by atoms with Crippen molar-refractivity contribution in [3.63, 3.8) is 0 Å². The number of thiophene rings is 1. The molecule has 0 saturated carbocycles. The van der Waals surface area contributed by atoms with Gasteiger partial charge in [0, 0.05) is 17.6 Å². The summed E-state index contributed by atoms with van der Waals surface area (Å²) in [6, 6.07) is 1.66. The average Bonchev–Trinajstić information content (AvgIpc) is 2.69. The van der Waals surface area contributed by atoms with Crippen molar-refractivity contribution < 1.29 is 17.9 Å². The monoisotopic (exact) mass is 384 g/mol. The van der Waals surface area contributed by atoms with Gasteiger partial charge in [-0.1, -0.05) is 0 Å². The summed E-state index contributed by atoms with van der Waals surface area (Å²) < 4.78 is 32.0. The molecule has 2 N–H and O–H groups in total. The normalized spacial score (nSPS) is 12.2. The lowest BCUT2D eigenvalue weighted by Gasteiger charge is -2.19. The third kappa shape index (κ3) is 5.78. The van der Waals surface area contributed by atoms with E-state index in [1.807, 2.05) is 0 Å².